The van der Waals surface area contributed by atoms with Gasteiger partial charge in [0.05, 0.1) is 11.1 Å². The Bertz CT molecular complexity index is 4670. The standard InChI is InChI=1S/C78H52N2OS/c1-6-21-55(22-7-1)68-51-64(52-69(56-23-8-2-9-24-56)77(68)59-44-48-76-70(50-59)67-33-18-19-36-75(67)82-76)79(60-25-10-3-11-26-60)63-45-41-54(42-46-63)53-37-39-57(40-38-53)65-31-16-17-32-66(65)58-43-47-73-71(49-58)78-72(34-20-35-74(78)81-73)80(61-27-12-4-13-28-61)62-29-14-5-15-30-62/h1-52H. The highest BCUT2D eigenvalue weighted by atomic mass is 32.1. The molecule has 4 heteroatoms. The Morgan fingerprint density at radius 1 is 0.244 bits per heavy atom. The summed E-state index contributed by atoms with van der Waals surface area (Å²) in [6.07, 6.45) is 0. The molecule has 386 valence electrons. The van der Waals surface area contributed by atoms with Gasteiger partial charge in [0.25, 0.3) is 0 Å². The molecular formula is C78H52N2OS. The number of rotatable bonds is 12. The minimum absolute atomic E-state index is 0.854. The smallest absolute Gasteiger partial charge is 0.137 e. The van der Waals surface area contributed by atoms with Crippen molar-refractivity contribution in [2.24, 2.45) is 0 Å². The molecule has 13 aromatic carbocycles. The summed E-state index contributed by atoms with van der Waals surface area (Å²) in [6.45, 7) is 0. The Balaban J connectivity index is 0.792. The van der Waals surface area contributed by atoms with E-state index >= 15 is 0 Å². The largest absolute Gasteiger partial charge is 0.456 e. The van der Waals surface area contributed by atoms with Crippen LogP contribution in [0.25, 0.3) is 109 Å². The summed E-state index contributed by atoms with van der Waals surface area (Å²) in [7, 11) is 0. The van der Waals surface area contributed by atoms with Gasteiger partial charge in [-0.3, -0.25) is 0 Å². The molecule has 2 aromatic heterocycles. The molecule has 0 aliphatic rings. The van der Waals surface area contributed by atoms with E-state index in [4.69, 9.17) is 4.42 Å². The Morgan fingerprint density at radius 2 is 0.695 bits per heavy atom. The summed E-state index contributed by atoms with van der Waals surface area (Å²) < 4.78 is 9.19. The van der Waals surface area contributed by atoms with Crippen molar-refractivity contribution >= 4 is 87.6 Å². The molecule has 0 bridgehead atoms. The van der Waals surface area contributed by atoms with Crippen molar-refractivity contribution in [2.45, 2.75) is 0 Å². The third-order valence-corrected chi connectivity index (χ3v) is 17.0. The molecule has 82 heavy (non-hydrogen) atoms. The topological polar surface area (TPSA) is 19.6 Å². The number of anilines is 6. The highest BCUT2D eigenvalue weighted by Gasteiger charge is 2.23. The Kier molecular flexibility index (Phi) is 12.4. The molecule has 0 saturated heterocycles. The average molecular weight is 1070 g/mol. The number of fused-ring (bicyclic) bond motifs is 6. The summed E-state index contributed by atoms with van der Waals surface area (Å²) in [5.74, 6) is 0. The second-order valence-corrected chi connectivity index (χ2v) is 21.9. The van der Waals surface area contributed by atoms with E-state index in [2.05, 4.69) is 325 Å². The molecule has 0 fully saturated rings. The zero-order valence-corrected chi connectivity index (χ0v) is 45.5. The van der Waals surface area contributed by atoms with Gasteiger partial charge in [-0.1, -0.05) is 212 Å². The van der Waals surface area contributed by atoms with Crippen LogP contribution in [0.2, 0.25) is 0 Å². The lowest BCUT2D eigenvalue weighted by atomic mass is 9.86. The van der Waals surface area contributed by atoms with Crippen LogP contribution in [-0.2, 0) is 0 Å². The number of furan rings is 1. The lowest BCUT2D eigenvalue weighted by molar-refractivity contribution is 0.669. The van der Waals surface area contributed by atoms with Crippen molar-refractivity contribution in [1.29, 1.82) is 0 Å². The number of para-hydroxylation sites is 3. The van der Waals surface area contributed by atoms with Gasteiger partial charge in [0.1, 0.15) is 11.2 Å². The number of hydrogen-bond acceptors (Lipinski definition) is 4. The van der Waals surface area contributed by atoms with E-state index < -0.39 is 0 Å². The maximum Gasteiger partial charge on any atom is 0.137 e. The number of hydrogen-bond donors (Lipinski definition) is 0. The van der Waals surface area contributed by atoms with Gasteiger partial charge in [-0.15, -0.1) is 11.3 Å². The fourth-order valence-corrected chi connectivity index (χ4v) is 13.1. The van der Waals surface area contributed by atoms with Crippen molar-refractivity contribution < 1.29 is 4.42 Å². The van der Waals surface area contributed by atoms with E-state index in [0.717, 1.165) is 95.0 Å². The molecule has 0 spiro atoms. The minimum Gasteiger partial charge on any atom is -0.456 e. The number of thiophene rings is 1. The van der Waals surface area contributed by atoms with Gasteiger partial charge < -0.3 is 14.2 Å². The van der Waals surface area contributed by atoms with Gasteiger partial charge in [-0.2, -0.15) is 0 Å². The molecule has 0 aliphatic carbocycles. The summed E-state index contributed by atoms with van der Waals surface area (Å²) in [5, 5.41) is 4.73. The molecule has 0 radical (unpaired) electrons. The molecule has 0 atom stereocenters. The van der Waals surface area contributed by atoms with Gasteiger partial charge in [0.2, 0.25) is 0 Å². The van der Waals surface area contributed by atoms with Crippen LogP contribution in [0, 0.1) is 0 Å². The van der Waals surface area contributed by atoms with Gasteiger partial charge >= 0.3 is 0 Å². The minimum atomic E-state index is 0.854. The lowest BCUT2D eigenvalue weighted by Crippen LogP contribution is -2.10. The van der Waals surface area contributed by atoms with Crippen LogP contribution in [0.15, 0.2) is 320 Å². The van der Waals surface area contributed by atoms with Crippen molar-refractivity contribution in [3.05, 3.63) is 315 Å². The first kappa shape index (κ1) is 48.6. The van der Waals surface area contributed by atoms with Crippen LogP contribution in [-0.4, -0.2) is 0 Å². The highest BCUT2D eigenvalue weighted by molar-refractivity contribution is 7.25. The predicted molar refractivity (Wildman–Crippen MR) is 349 cm³/mol. The van der Waals surface area contributed by atoms with Crippen LogP contribution in [0.4, 0.5) is 34.1 Å². The predicted octanol–water partition coefficient (Wildman–Crippen LogP) is 22.9. The molecule has 0 amide bonds. The average Bonchev–Trinajstić information content (AvgIpc) is 3.66. The number of benzene rings is 13. The van der Waals surface area contributed by atoms with Crippen molar-refractivity contribution in [2.75, 3.05) is 9.80 Å². The molecule has 15 aromatic rings. The van der Waals surface area contributed by atoms with Crippen LogP contribution in [0.1, 0.15) is 0 Å². The van der Waals surface area contributed by atoms with Gasteiger partial charge in [0, 0.05) is 54.0 Å². The maximum absolute atomic E-state index is 6.59. The van der Waals surface area contributed by atoms with Crippen LogP contribution >= 0.6 is 11.3 Å². The van der Waals surface area contributed by atoms with E-state index in [1.807, 2.05) is 11.3 Å². The highest BCUT2D eigenvalue weighted by Crippen LogP contribution is 2.49. The van der Waals surface area contributed by atoms with E-state index in [1.54, 1.807) is 0 Å². The third-order valence-electron chi connectivity index (χ3n) is 15.9. The van der Waals surface area contributed by atoms with Crippen LogP contribution in [0.3, 0.4) is 0 Å². The normalized spacial score (nSPS) is 11.4. The first-order valence-corrected chi connectivity index (χ1v) is 28.7. The molecule has 3 nitrogen and oxygen atoms in total. The summed E-state index contributed by atoms with van der Waals surface area (Å²) in [6, 6.07) is 114. The van der Waals surface area contributed by atoms with Crippen LogP contribution in [0.5, 0.6) is 0 Å². The van der Waals surface area contributed by atoms with Gasteiger partial charge in [-0.25, -0.2) is 0 Å². The maximum atomic E-state index is 6.59. The summed E-state index contributed by atoms with van der Waals surface area (Å²) >= 11 is 1.86. The fourth-order valence-electron chi connectivity index (χ4n) is 12.0. The first-order chi connectivity index (χ1) is 40.7. The molecular weight excluding hydrogens is 1010 g/mol. The molecule has 2 heterocycles. The lowest BCUT2D eigenvalue weighted by Gasteiger charge is -2.28. The molecule has 0 N–H and O–H groups in total. The Hall–Kier alpha value is -10.5. The Morgan fingerprint density at radius 3 is 1.32 bits per heavy atom. The zero-order chi connectivity index (χ0) is 54.3. The molecule has 15 rings (SSSR count). The molecule has 0 saturated carbocycles. The van der Waals surface area contributed by atoms with E-state index in [-0.39, 0.29) is 0 Å². The second kappa shape index (κ2) is 20.9. The van der Waals surface area contributed by atoms with Crippen LogP contribution < -0.4 is 9.80 Å². The third kappa shape index (κ3) is 8.89. The Labute approximate surface area is 481 Å². The molecule has 0 aliphatic heterocycles. The van der Waals surface area contributed by atoms with Gasteiger partial charge in [0.15, 0.2) is 0 Å². The number of nitrogens with zero attached hydrogens (tertiary/aromatic N) is 2. The first-order valence-electron chi connectivity index (χ1n) is 27.9. The van der Waals surface area contributed by atoms with E-state index in [9.17, 15) is 0 Å². The van der Waals surface area contributed by atoms with E-state index in [0.29, 0.717) is 0 Å². The monoisotopic (exact) mass is 1060 g/mol. The van der Waals surface area contributed by atoms with E-state index in [1.165, 1.54) is 48.0 Å². The fraction of sp³-hybridized carbons (Fsp3) is 0. The van der Waals surface area contributed by atoms with Gasteiger partial charge in [-0.05, 0) is 170 Å². The summed E-state index contributed by atoms with van der Waals surface area (Å²) in [5.41, 5.74) is 22.2. The molecule has 0 unspecified atom stereocenters. The zero-order valence-electron chi connectivity index (χ0n) is 44.7. The second-order valence-electron chi connectivity index (χ2n) is 20.8. The quantitative estimate of drug-likeness (QED) is 0.122. The summed E-state index contributed by atoms with van der Waals surface area (Å²) in [4.78, 5) is 4.72. The van der Waals surface area contributed by atoms with Crippen molar-refractivity contribution in [3.8, 4) is 66.8 Å². The SMILES string of the molecule is c1ccc(-c2cc(N(c3ccccc3)c3ccc(-c4ccc(-c5ccccc5-c5ccc6oc7cccc(N(c8ccccc8)c8ccccc8)c7c6c5)cc4)cc3)cc(-c3ccccc3)c2-c2ccc3sc4ccccc4c3c2)cc1. The van der Waals surface area contributed by atoms with Crippen molar-refractivity contribution in [3.63, 3.8) is 0 Å². The van der Waals surface area contributed by atoms with Crippen molar-refractivity contribution in [1.82, 2.24) is 0 Å².